The van der Waals surface area contributed by atoms with Crippen molar-refractivity contribution in [1.82, 2.24) is 4.90 Å². The van der Waals surface area contributed by atoms with Gasteiger partial charge in [-0.2, -0.15) is 8.42 Å². The van der Waals surface area contributed by atoms with Crippen molar-refractivity contribution in [3.05, 3.63) is 67.0 Å². The van der Waals surface area contributed by atoms with Crippen LogP contribution in [-0.2, 0) is 10.2 Å². The lowest BCUT2D eigenvalue weighted by Gasteiger charge is -2.20. The zero-order chi connectivity index (χ0) is 21.3. The fraction of sp³-hybridized carbons (Fsp3) is 0.333. The Balaban J connectivity index is 1.86. The summed E-state index contributed by atoms with van der Waals surface area (Å²) in [5.41, 5.74) is 0.628. The van der Waals surface area contributed by atoms with Crippen LogP contribution in [0.15, 0.2) is 61.2 Å². The predicted molar refractivity (Wildman–Crippen MR) is 116 cm³/mol. The minimum atomic E-state index is -3.87. The molecule has 2 aromatic carbocycles. The second-order valence-corrected chi connectivity index (χ2v) is 8.39. The molecule has 0 bridgehead atoms. The first-order chi connectivity index (χ1) is 13.8. The van der Waals surface area contributed by atoms with E-state index in [2.05, 4.69) is 23.2 Å². The van der Waals surface area contributed by atoms with Crippen molar-refractivity contribution in [3.8, 4) is 5.75 Å². The first-order valence-electron chi connectivity index (χ1n) is 9.36. The Bertz CT molecular complexity index is 888. The van der Waals surface area contributed by atoms with E-state index in [9.17, 15) is 12.8 Å². The molecule has 1 N–H and O–H groups in total. The average Bonchev–Trinajstić information content (AvgIpc) is 2.67. The van der Waals surface area contributed by atoms with Crippen molar-refractivity contribution in [2.24, 2.45) is 0 Å². The van der Waals surface area contributed by atoms with E-state index in [1.165, 1.54) is 25.2 Å². The van der Waals surface area contributed by atoms with Crippen LogP contribution in [0, 0.1) is 5.82 Å². The summed E-state index contributed by atoms with van der Waals surface area (Å²) in [7, 11) is -0.391. The van der Waals surface area contributed by atoms with Gasteiger partial charge < -0.3 is 9.64 Å². The summed E-state index contributed by atoms with van der Waals surface area (Å²) in [5, 5.41) is 0. The smallest absolute Gasteiger partial charge is 0.323 e. The van der Waals surface area contributed by atoms with E-state index in [0.29, 0.717) is 18.0 Å². The number of benzene rings is 2. The molecule has 29 heavy (non-hydrogen) atoms. The number of halogens is 1. The summed E-state index contributed by atoms with van der Waals surface area (Å²) in [6.45, 7) is 6.16. The molecule has 0 aromatic heterocycles. The van der Waals surface area contributed by atoms with Gasteiger partial charge in [-0.25, -0.2) is 4.39 Å². The maximum Gasteiger partial charge on any atom is 0.323 e. The van der Waals surface area contributed by atoms with Gasteiger partial charge in [-0.15, -0.1) is 6.58 Å². The van der Waals surface area contributed by atoms with Crippen LogP contribution in [0.25, 0.3) is 0 Å². The number of anilines is 2. The third kappa shape index (κ3) is 7.40. The number of nitrogens with zero attached hydrogens (tertiary/aromatic N) is 2. The molecule has 0 radical (unpaired) electrons. The van der Waals surface area contributed by atoms with E-state index >= 15 is 0 Å². The van der Waals surface area contributed by atoms with Gasteiger partial charge in [-0.05, 0) is 68.9 Å². The number of rotatable bonds is 12. The highest BCUT2D eigenvalue weighted by atomic mass is 32.2. The van der Waals surface area contributed by atoms with Gasteiger partial charge in [-0.3, -0.25) is 9.03 Å². The quantitative estimate of drug-likeness (QED) is 0.417. The van der Waals surface area contributed by atoms with E-state index in [-0.39, 0.29) is 5.69 Å². The molecular weight excluding hydrogens is 393 g/mol. The standard InChI is InChI=1S/C21H28FN3O3S/c1-4-14-24(2)15-5-6-16-28-21-12-10-20(11-13-21)25(3)29(26,27)23-19-9-7-8-18(22)17-19/h4,7-13,17,23H,1,5-6,14-16H2,2-3H3. The molecule has 2 aromatic rings. The molecule has 0 heterocycles. The molecule has 6 nitrogen and oxygen atoms in total. The van der Waals surface area contributed by atoms with E-state index in [1.54, 1.807) is 24.3 Å². The Morgan fingerprint density at radius 1 is 1.14 bits per heavy atom. The van der Waals surface area contributed by atoms with Crippen molar-refractivity contribution in [1.29, 1.82) is 0 Å². The van der Waals surface area contributed by atoms with Crippen LogP contribution in [0.3, 0.4) is 0 Å². The minimum Gasteiger partial charge on any atom is -0.494 e. The first kappa shape index (κ1) is 22.7. The van der Waals surface area contributed by atoms with Crippen LogP contribution in [-0.4, -0.2) is 47.1 Å². The van der Waals surface area contributed by atoms with Crippen LogP contribution in [0.5, 0.6) is 5.75 Å². The van der Waals surface area contributed by atoms with Crippen molar-refractivity contribution >= 4 is 21.6 Å². The number of hydrogen-bond donors (Lipinski definition) is 1. The lowest BCUT2D eigenvalue weighted by atomic mass is 10.3. The minimum absolute atomic E-state index is 0.163. The van der Waals surface area contributed by atoms with Crippen molar-refractivity contribution in [2.45, 2.75) is 12.8 Å². The van der Waals surface area contributed by atoms with Gasteiger partial charge in [0, 0.05) is 13.6 Å². The molecule has 0 saturated heterocycles. The van der Waals surface area contributed by atoms with E-state index < -0.39 is 16.0 Å². The Morgan fingerprint density at radius 3 is 2.52 bits per heavy atom. The third-order valence-corrected chi connectivity index (χ3v) is 5.70. The Hall–Kier alpha value is -2.58. The van der Waals surface area contributed by atoms with Crippen LogP contribution < -0.4 is 13.8 Å². The maximum atomic E-state index is 13.3. The number of likely N-dealkylation sites (N-methyl/N-ethyl adjacent to an activating group) is 1. The largest absolute Gasteiger partial charge is 0.494 e. The predicted octanol–water partition coefficient (Wildman–Crippen LogP) is 3.90. The van der Waals surface area contributed by atoms with E-state index in [4.69, 9.17) is 4.74 Å². The summed E-state index contributed by atoms with van der Waals surface area (Å²) in [4.78, 5) is 2.19. The number of hydrogen-bond acceptors (Lipinski definition) is 4. The molecule has 158 valence electrons. The van der Waals surface area contributed by atoms with Crippen molar-refractivity contribution < 1.29 is 17.5 Å². The lowest BCUT2D eigenvalue weighted by Crippen LogP contribution is -2.32. The monoisotopic (exact) mass is 421 g/mol. The molecule has 0 unspecified atom stereocenters. The molecule has 0 aliphatic heterocycles. The fourth-order valence-electron chi connectivity index (χ4n) is 2.65. The molecule has 0 atom stereocenters. The summed E-state index contributed by atoms with van der Waals surface area (Å²) in [6.07, 6.45) is 3.83. The SMILES string of the molecule is C=CCN(C)CCCCOc1ccc(N(C)S(=O)(=O)Nc2cccc(F)c2)cc1. The van der Waals surface area contributed by atoms with Gasteiger partial charge in [0.2, 0.25) is 0 Å². The summed E-state index contributed by atoms with van der Waals surface area (Å²) < 4.78 is 47.4. The third-order valence-electron chi connectivity index (χ3n) is 4.28. The van der Waals surface area contributed by atoms with Crippen molar-refractivity contribution in [2.75, 3.05) is 42.8 Å². The van der Waals surface area contributed by atoms with Crippen LogP contribution in [0.1, 0.15) is 12.8 Å². The van der Waals surface area contributed by atoms with E-state index in [1.807, 2.05) is 6.08 Å². The summed E-state index contributed by atoms with van der Waals surface area (Å²) in [6, 6.07) is 12.1. The topological polar surface area (TPSA) is 61.9 Å². The number of unbranched alkanes of at least 4 members (excludes halogenated alkanes) is 1. The Kier molecular flexibility index (Phi) is 8.48. The summed E-state index contributed by atoms with van der Waals surface area (Å²) in [5.74, 6) is 0.166. The Labute approximate surface area is 172 Å². The second-order valence-electron chi connectivity index (χ2n) is 6.69. The van der Waals surface area contributed by atoms with Gasteiger partial charge in [0.15, 0.2) is 0 Å². The zero-order valence-electron chi connectivity index (χ0n) is 16.8. The van der Waals surface area contributed by atoms with Gasteiger partial charge in [0.25, 0.3) is 0 Å². The number of ether oxygens (including phenoxy) is 1. The van der Waals surface area contributed by atoms with Gasteiger partial charge in [0.05, 0.1) is 18.0 Å². The van der Waals surface area contributed by atoms with Gasteiger partial charge >= 0.3 is 10.2 Å². The van der Waals surface area contributed by atoms with Crippen LogP contribution in [0.2, 0.25) is 0 Å². The fourth-order valence-corrected chi connectivity index (χ4v) is 3.61. The second kappa shape index (κ2) is 10.8. The highest BCUT2D eigenvalue weighted by Gasteiger charge is 2.18. The van der Waals surface area contributed by atoms with Gasteiger partial charge in [-0.1, -0.05) is 12.1 Å². The van der Waals surface area contributed by atoms with Crippen molar-refractivity contribution in [3.63, 3.8) is 0 Å². The molecule has 2 rings (SSSR count). The number of nitrogens with one attached hydrogen (secondary N) is 1. The molecule has 8 heteroatoms. The highest BCUT2D eigenvalue weighted by Crippen LogP contribution is 2.22. The molecule has 0 fully saturated rings. The molecule has 0 aliphatic rings. The molecular formula is C21H28FN3O3S. The van der Waals surface area contributed by atoms with E-state index in [0.717, 1.165) is 36.3 Å². The maximum absolute atomic E-state index is 13.3. The molecule has 0 saturated carbocycles. The molecule has 0 spiro atoms. The zero-order valence-corrected chi connectivity index (χ0v) is 17.7. The Morgan fingerprint density at radius 2 is 1.86 bits per heavy atom. The lowest BCUT2D eigenvalue weighted by molar-refractivity contribution is 0.287. The van der Waals surface area contributed by atoms with Crippen LogP contribution in [0.4, 0.5) is 15.8 Å². The first-order valence-corrected chi connectivity index (χ1v) is 10.8. The van der Waals surface area contributed by atoms with Gasteiger partial charge in [0.1, 0.15) is 11.6 Å². The molecule has 0 amide bonds. The highest BCUT2D eigenvalue weighted by molar-refractivity contribution is 7.94. The summed E-state index contributed by atoms with van der Waals surface area (Å²) >= 11 is 0. The average molecular weight is 422 g/mol. The van der Waals surface area contributed by atoms with Crippen LogP contribution >= 0.6 is 0 Å². The normalized spacial score (nSPS) is 11.3. The molecule has 0 aliphatic carbocycles.